The maximum atomic E-state index is 5.73. The lowest BCUT2D eigenvalue weighted by Gasteiger charge is -2.22. The highest BCUT2D eigenvalue weighted by molar-refractivity contribution is 5.40. The second kappa shape index (κ2) is 5.90. The third-order valence-corrected chi connectivity index (χ3v) is 3.10. The predicted octanol–water partition coefficient (Wildman–Crippen LogP) is 2.84. The monoisotopic (exact) mass is 220 g/mol. The van der Waals surface area contributed by atoms with E-state index < -0.39 is 0 Å². The van der Waals surface area contributed by atoms with Crippen molar-refractivity contribution in [3.8, 4) is 0 Å². The molecule has 0 amide bonds. The Morgan fingerprint density at radius 1 is 1.31 bits per heavy atom. The fourth-order valence-corrected chi connectivity index (χ4v) is 1.53. The van der Waals surface area contributed by atoms with Crippen LogP contribution in [-0.2, 0) is 6.42 Å². The highest BCUT2D eigenvalue weighted by Crippen LogP contribution is 2.17. The van der Waals surface area contributed by atoms with Gasteiger partial charge in [-0.1, -0.05) is 32.9 Å². The van der Waals surface area contributed by atoms with E-state index in [0.29, 0.717) is 5.41 Å². The topological polar surface area (TPSA) is 38.0 Å². The van der Waals surface area contributed by atoms with Crippen LogP contribution in [0.5, 0.6) is 0 Å². The number of benzene rings is 1. The third kappa shape index (κ3) is 4.67. The van der Waals surface area contributed by atoms with Gasteiger partial charge < -0.3 is 11.1 Å². The van der Waals surface area contributed by atoms with Crippen LogP contribution in [0.15, 0.2) is 24.3 Å². The Hall–Kier alpha value is -1.02. The van der Waals surface area contributed by atoms with Crippen molar-refractivity contribution >= 4 is 5.69 Å². The number of nitrogens with two attached hydrogens (primary N) is 1. The van der Waals surface area contributed by atoms with Crippen molar-refractivity contribution in [2.24, 2.45) is 5.41 Å². The largest absolute Gasteiger partial charge is 0.399 e. The maximum Gasteiger partial charge on any atom is 0.0316 e. The van der Waals surface area contributed by atoms with Gasteiger partial charge in [0.25, 0.3) is 0 Å². The molecule has 0 aliphatic heterocycles. The Bertz CT molecular complexity index is 318. The van der Waals surface area contributed by atoms with E-state index >= 15 is 0 Å². The summed E-state index contributed by atoms with van der Waals surface area (Å²) in [5, 5.41) is 3.50. The molecule has 0 aromatic heterocycles. The first-order valence-corrected chi connectivity index (χ1v) is 6.08. The van der Waals surface area contributed by atoms with Crippen LogP contribution in [0.3, 0.4) is 0 Å². The lowest BCUT2D eigenvalue weighted by atomic mass is 9.90. The number of hydrogen-bond donors (Lipinski definition) is 2. The van der Waals surface area contributed by atoms with E-state index in [1.165, 1.54) is 12.0 Å². The van der Waals surface area contributed by atoms with E-state index in [9.17, 15) is 0 Å². The summed E-state index contributed by atoms with van der Waals surface area (Å²) in [7, 11) is 0. The first-order chi connectivity index (χ1) is 7.53. The molecule has 0 atom stereocenters. The minimum atomic E-state index is 0.399. The van der Waals surface area contributed by atoms with Gasteiger partial charge in [0.2, 0.25) is 0 Å². The number of nitrogens with one attached hydrogen (secondary N) is 1. The van der Waals surface area contributed by atoms with Crippen LogP contribution in [-0.4, -0.2) is 13.1 Å². The zero-order valence-corrected chi connectivity index (χ0v) is 10.7. The minimum absolute atomic E-state index is 0.399. The quantitative estimate of drug-likeness (QED) is 0.571. The van der Waals surface area contributed by atoms with Gasteiger partial charge >= 0.3 is 0 Å². The van der Waals surface area contributed by atoms with Crippen LogP contribution in [0.1, 0.15) is 32.8 Å². The molecule has 0 unspecified atom stereocenters. The Labute approximate surface area is 99.2 Å². The molecule has 0 heterocycles. The summed E-state index contributed by atoms with van der Waals surface area (Å²) in [4.78, 5) is 0. The Balaban J connectivity index is 2.26. The lowest BCUT2D eigenvalue weighted by molar-refractivity contribution is 0.329. The van der Waals surface area contributed by atoms with Crippen LogP contribution >= 0.6 is 0 Å². The van der Waals surface area contributed by atoms with Crippen molar-refractivity contribution in [3.63, 3.8) is 0 Å². The van der Waals surface area contributed by atoms with Crippen LogP contribution in [0.4, 0.5) is 5.69 Å². The number of nitrogen functional groups attached to an aromatic ring is 1. The van der Waals surface area contributed by atoms with Crippen molar-refractivity contribution in [3.05, 3.63) is 29.8 Å². The third-order valence-electron chi connectivity index (χ3n) is 3.10. The fraction of sp³-hybridized carbons (Fsp3) is 0.571. The van der Waals surface area contributed by atoms with Gasteiger partial charge in [-0.05, 0) is 42.5 Å². The molecule has 2 heteroatoms. The Kier molecular flexibility index (Phi) is 4.81. The summed E-state index contributed by atoms with van der Waals surface area (Å²) >= 11 is 0. The molecular weight excluding hydrogens is 196 g/mol. The van der Waals surface area contributed by atoms with Gasteiger partial charge in [-0.3, -0.25) is 0 Å². The lowest BCUT2D eigenvalue weighted by Crippen LogP contribution is -2.30. The SMILES string of the molecule is CCC(C)(C)CNCCc1cccc(N)c1. The zero-order chi connectivity index (χ0) is 12.0. The predicted molar refractivity (Wildman–Crippen MR) is 71.5 cm³/mol. The van der Waals surface area contributed by atoms with Gasteiger partial charge in [0.15, 0.2) is 0 Å². The molecule has 16 heavy (non-hydrogen) atoms. The summed E-state index contributed by atoms with van der Waals surface area (Å²) in [5.41, 5.74) is 8.29. The minimum Gasteiger partial charge on any atom is -0.399 e. The van der Waals surface area contributed by atoms with Gasteiger partial charge in [0, 0.05) is 12.2 Å². The second-order valence-electron chi connectivity index (χ2n) is 5.19. The first kappa shape index (κ1) is 13.0. The fourth-order valence-electron chi connectivity index (χ4n) is 1.53. The van der Waals surface area contributed by atoms with Crippen molar-refractivity contribution in [2.45, 2.75) is 33.6 Å². The molecule has 0 aliphatic rings. The molecule has 2 nitrogen and oxygen atoms in total. The standard InChI is InChI=1S/C14H24N2/c1-4-14(2,3)11-16-9-8-12-6-5-7-13(15)10-12/h5-7,10,16H,4,8-9,11,15H2,1-3H3. The molecular formula is C14H24N2. The molecule has 90 valence electrons. The molecule has 0 aliphatic carbocycles. The van der Waals surface area contributed by atoms with Gasteiger partial charge in [-0.15, -0.1) is 0 Å². The number of anilines is 1. The van der Waals surface area contributed by atoms with E-state index in [2.05, 4.69) is 32.2 Å². The molecule has 1 aromatic carbocycles. The highest BCUT2D eigenvalue weighted by atomic mass is 14.9. The summed E-state index contributed by atoms with van der Waals surface area (Å²) in [6.45, 7) is 8.92. The Morgan fingerprint density at radius 3 is 2.69 bits per heavy atom. The Morgan fingerprint density at radius 2 is 2.06 bits per heavy atom. The van der Waals surface area contributed by atoms with Crippen molar-refractivity contribution in [1.29, 1.82) is 0 Å². The van der Waals surface area contributed by atoms with E-state index in [4.69, 9.17) is 5.73 Å². The molecule has 0 saturated carbocycles. The number of rotatable bonds is 6. The second-order valence-corrected chi connectivity index (χ2v) is 5.19. The molecule has 1 rings (SSSR count). The van der Waals surface area contributed by atoms with Crippen LogP contribution in [0, 0.1) is 5.41 Å². The number of hydrogen-bond acceptors (Lipinski definition) is 2. The van der Waals surface area contributed by atoms with Gasteiger partial charge in [-0.2, -0.15) is 0 Å². The normalized spacial score (nSPS) is 11.7. The average Bonchev–Trinajstić information content (AvgIpc) is 2.25. The molecule has 3 N–H and O–H groups in total. The molecule has 0 fully saturated rings. The zero-order valence-electron chi connectivity index (χ0n) is 10.7. The van der Waals surface area contributed by atoms with Gasteiger partial charge in [0.05, 0.1) is 0 Å². The van der Waals surface area contributed by atoms with Crippen molar-refractivity contribution < 1.29 is 0 Å². The average molecular weight is 220 g/mol. The summed E-state index contributed by atoms with van der Waals surface area (Å²) in [5.74, 6) is 0. The summed E-state index contributed by atoms with van der Waals surface area (Å²) in [6.07, 6.45) is 2.25. The molecule has 0 radical (unpaired) electrons. The van der Waals surface area contributed by atoms with Crippen LogP contribution in [0.25, 0.3) is 0 Å². The van der Waals surface area contributed by atoms with E-state index in [1.807, 2.05) is 18.2 Å². The van der Waals surface area contributed by atoms with E-state index in [-0.39, 0.29) is 0 Å². The van der Waals surface area contributed by atoms with Crippen LogP contribution in [0.2, 0.25) is 0 Å². The van der Waals surface area contributed by atoms with Gasteiger partial charge in [0.1, 0.15) is 0 Å². The summed E-state index contributed by atoms with van der Waals surface area (Å²) < 4.78 is 0. The first-order valence-electron chi connectivity index (χ1n) is 6.08. The highest BCUT2D eigenvalue weighted by Gasteiger charge is 2.13. The molecule has 0 saturated heterocycles. The molecule has 1 aromatic rings. The van der Waals surface area contributed by atoms with Crippen molar-refractivity contribution in [1.82, 2.24) is 5.32 Å². The van der Waals surface area contributed by atoms with Crippen molar-refractivity contribution in [2.75, 3.05) is 18.8 Å². The van der Waals surface area contributed by atoms with Crippen LogP contribution < -0.4 is 11.1 Å². The maximum absolute atomic E-state index is 5.73. The van der Waals surface area contributed by atoms with Gasteiger partial charge in [-0.25, -0.2) is 0 Å². The summed E-state index contributed by atoms with van der Waals surface area (Å²) in [6, 6.07) is 8.12. The molecule has 0 spiro atoms. The molecule has 0 bridgehead atoms. The van der Waals surface area contributed by atoms with E-state index in [1.54, 1.807) is 0 Å². The smallest absolute Gasteiger partial charge is 0.0316 e. The van der Waals surface area contributed by atoms with E-state index in [0.717, 1.165) is 25.2 Å².